The summed E-state index contributed by atoms with van der Waals surface area (Å²) in [5.41, 5.74) is 0. The maximum absolute atomic E-state index is 12.8. The fraction of sp³-hybridized carbons (Fsp3) is 0.574. The second-order valence-corrected chi connectivity index (χ2v) is 16.6. The van der Waals surface area contributed by atoms with E-state index in [1.165, 1.54) is 19.3 Å². The Balaban J connectivity index is 4.43. The van der Waals surface area contributed by atoms with Gasteiger partial charge in [-0.05, 0) is 135 Å². The zero-order chi connectivity index (χ0) is 47.7. The minimum Gasteiger partial charge on any atom is -0.462 e. The summed E-state index contributed by atoms with van der Waals surface area (Å²) in [5.74, 6) is -0.492. The summed E-state index contributed by atoms with van der Waals surface area (Å²) in [6, 6.07) is 0. The molecule has 0 fully saturated rings. The van der Waals surface area contributed by atoms with Gasteiger partial charge in [0.05, 0.1) is 6.61 Å². The molecule has 1 atom stereocenters. The second-order valence-electron chi connectivity index (χ2n) is 16.6. The van der Waals surface area contributed by atoms with Crippen molar-refractivity contribution in [1.82, 2.24) is 0 Å². The molecule has 1 unspecified atom stereocenters. The summed E-state index contributed by atoms with van der Waals surface area (Å²) in [6.45, 7) is 7.35. The van der Waals surface area contributed by atoms with Crippen LogP contribution in [-0.4, -0.2) is 37.9 Å². The van der Waals surface area contributed by atoms with E-state index in [-0.39, 0.29) is 25.2 Å². The van der Waals surface area contributed by atoms with Crippen LogP contribution in [0.3, 0.4) is 0 Å². The standard InChI is InChI=1S/C61H96O5/c1-4-7-10-13-16-19-22-25-27-29-31-32-34-37-39-42-45-48-51-54-60(62)65-58-59(66-61(63)55-52-49-46-43-40-36-24-21-18-15-12-9-6-3)57-64-56-53-50-47-44-41-38-35-33-30-28-26-23-20-17-14-11-8-5-2/h7-12,16-21,25-28,31-33,35-37,39-40,59H,4-6,13-15,22-24,29-30,34,38,41-58H2,1-3H3/b10-7-,11-8-,12-9-,19-16-,20-17-,21-18-,27-25-,28-26-,32-31-,35-33-,39-37-,40-36-. The van der Waals surface area contributed by atoms with Crippen molar-refractivity contribution >= 4 is 11.9 Å². The summed E-state index contributed by atoms with van der Waals surface area (Å²) in [6.07, 6.45) is 80.0. The first kappa shape index (κ1) is 61.8. The molecule has 0 bridgehead atoms. The molecule has 0 aromatic carbocycles. The van der Waals surface area contributed by atoms with Crippen LogP contribution in [0.4, 0.5) is 0 Å². The molecule has 370 valence electrons. The Labute approximate surface area is 406 Å². The minimum absolute atomic E-state index is 0.0377. The highest BCUT2D eigenvalue weighted by molar-refractivity contribution is 5.70. The van der Waals surface area contributed by atoms with Gasteiger partial charge in [0.1, 0.15) is 6.61 Å². The second kappa shape index (κ2) is 55.1. The molecule has 0 radical (unpaired) electrons. The molecule has 0 aliphatic rings. The molecule has 5 heteroatoms. The van der Waals surface area contributed by atoms with Gasteiger partial charge in [-0.2, -0.15) is 0 Å². The molecule has 0 amide bonds. The predicted octanol–water partition coefficient (Wildman–Crippen LogP) is 18.1. The number of rotatable bonds is 46. The molecule has 0 aliphatic heterocycles. The van der Waals surface area contributed by atoms with E-state index in [4.69, 9.17) is 14.2 Å². The molecule has 66 heavy (non-hydrogen) atoms. The summed E-state index contributed by atoms with van der Waals surface area (Å²) < 4.78 is 17.3. The Morgan fingerprint density at radius 3 is 1.02 bits per heavy atom. The molecule has 0 aliphatic carbocycles. The lowest BCUT2D eigenvalue weighted by molar-refractivity contribution is -0.163. The third-order valence-electron chi connectivity index (χ3n) is 10.4. The SMILES string of the molecule is CC/C=C\C/C=C\C/C=C\C/C=C\C/C=C\CCCCCC(=O)OCC(COCCCCCCC/C=C\C/C=C\C/C=C\C/C=C\CC)OC(=O)CCCCC/C=C\C/C=C\C/C=C\CC. The molecule has 0 saturated carbocycles. The van der Waals surface area contributed by atoms with Crippen molar-refractivity contribution in [3.8, 4) is 0 Å². The van der Waals surface area contributed by atoms with Crippen LogP contribution in [0.1, 0.15) is 201 Å². The quantitative estimate of drug-likeness (QED) is 0.0346. The van der Waals surface area contributed by atoms with Crippen LogP contribution in [-0.2, 0) is 23.8 Å². The van der Waals surface area contributed by atoms with Gasteiger partial charge in [-0.3, -0.25) is 9.59 Å². The van der Waals surface area contributed by atoms with Crippen molar-refractivity contribution in [1.29, 1.82) is 0 Å². The lowest BCUT2D eigenvalue weighted by Crippen LogP contribution is -2.30. The van der Waals surface area contributed by atoms with Crippen LogP contribution in [0.25, 0.3) is 0 Å². The number of hydrogen-bond donors (Lipinski definition) is 0. The first-order chi connectivity index (χ1) is 32.6. The van der Waals surface area contributed by atoms with E-state index >= 15 is 0 Å². The maximum atomic E-state index is 12.8. The van der Waals surface area contributed by atoms with Gasteiger partial charge in [0, 0.05) is 19.4 Å². The molecule has 0 spiro atoms. The third-order valence-corrected chi connectivity index (χ3v) is 10.4. The molecule has 0 aromatic heterocycles. The van der Waals surface area contributed by atoms with E-state index in [0.717, 1.165) is 148 Å². The number of ether oxygens (including phenoxy) is 3. The highest BCUT2D eigenvalue weighted by Crippen LogP contribution is 2.11. The maximum Gasteiger partial charge on any atom is 0.306 e. The summed E-state index contributed by atoms with van der Waals surface area (Å²) in [7, 11) is 0. The van der Waals surface area contributed by atoms with Crippen molar-refractivity contribution in [2.24, 2.45) is 0 Å². The number of carbonyl (C=O) groups is 2. The van der Waals surface area contributed by atoms with Crippen molar-refractivity contribution in [2.45, 2.75) is 207 Å². The first-order valence-corrected chi connectivity index (χ1v) is 26.4. The molecule has 0 heterocycles. The highest BCUT2D eigenvalue weighted by Gasteiger charge is 2.17. The molecular weight excluding hydrogens is 813 g/mol. The molecule has 0 saturated heterocycles. The van der Waals surface area contributed by atoms with Crippen LogP contribution in [0.5, 0.6) is 0 Å². The number of esters is 2. The topological polar surface area (TPSA) is 61.8 Å². The van der Waals surface area contributed by atoms with E-state index < -0.39 is 6.10 Å². The van der Waals surface area contributed by atoms with Crippen molar-refractivity contribution in [3.05, 3.63) is 146 Å². The summed E-state index contributed by atoms with van der Waals surface area (Å²) in [5, 5.41) is 0. The average Bonchev–Trinajstić information content (AvgIpc) is 3.32. The normalized spacial score (nSPS) is 13.4. The molecule has 0 aromatic rings. The average molecular weight is 909 g/mol. The van der Waals surface area contributed by atoms with Crippen LogP contribution in [0, 0.1) is 0 Å². The Morgan fingerprint density at radius 2 is 0.636 bits per heavy atom. The third kappa shape index (κ3) is 52.4. The van der Waals surface area contributed by atoms with E-state index in [1.807, 2.05) is 0 Å². The lowest BCUT2D eigenvalue weighted by atomic mass is 10.1. The smallest absolute Gasteiger partial charge is 0.306 e. The molecule has 0 rings (SSSR count). The fourth-order valence-corrected chi connectivity index (χ4v) is 6.54. The Bertz CT molecular complexity index is 1450. The van der Waals surface area contributed by atoms with Gasteiger partial charge in [-0.1, -0.05) is 199 Å². The van der Waals surface area contributed by atoms with Gasteiger partial charge < -0.3 is 14.2 Å². The van der Waals surface area contributed by atoms with Crippen LogP contribution < -0.4 is 0 Å². The van der Waals surface area contributed by atoms with Crippen molar-refractivity contribution in [2.75, 3.05) is 19.8 Å². The van der Waals surface area contributed by atoms with Gasteiger partial charge in [-0.25, -0.2) is 0 Å². The van der Waals surface area contributed by atoms with Crippen molar-refractivity contribution in [3.63, 3.8) is 0 Å². The van der Waals surface area contributed by atoms with Gasteiger partial charge >= 0.3 is 11.9 Å². The van der Waals surface area contributed by atoms with Gasteiger partial charge in [0.2, 0.25) is 0 Å². The van der Waals surface area contributed by atoms with Crippen molar-refractivity contribution < 1.29 is 23.8 Å². The number of allylic oxidation sites excluding steroid dienone is 24. The zero-order valence-electron chi connectivity index (χ0n) is 42.4. The lowest BCUT2D eigenvalue weighted by Gasteiger charge is -2.18. The largest absolute Gasteiger partial charge is 0.462 e. The molecule has 5 nitrogen and oxygen atoms in total. The Kier molecular flexibility index (Phi) is 51.6. The Hall–Kier alpha value is -4.22. The highest BCUT2D eigenvalue weighted by atomic mass is 16.6. The first-order valence-electron chi connectivity index (χ1n) is 26.4. The summed E-state index contributed by atoms with van der Waals surface area (Å²) >= 11 is 0. The van der Waals surface area contributed by atoms with E-state index in [0.29, 0.717) is 19.4 Å². The Morgan fingerprint density at radius 1 is 0.333 bits per heavy atom. The predicted molar refractivity (Wildman–Crippen MR) is 288 cm³/mol. The van der Waals surface area contributed by atoms with E-state index in [1.54, 1.807) is 0 Å². The number of hydrogen-bond acceptors (Lipinski definition) is 5. The zero-order valence-corrected chi connectivity index (χ0v) is 42.4. The summed E-state index contributed by atoms with van der Waals surface area (Å²) in [4.78, 5) is 25.4. The van der Waals surface area contributed by atoms with Crippen LogP contribution in [0.2, 0.25) is 0 Å². The fourth-order valence-electron chi connectivity index (χ4n) is 6.54. The number of unbranched alkanes of at least 4 members (excludes halogenated alkanes) is 11. The minimum atomic E-state index is -0.587. The van der Waals surface area contributed by atoms with Gasteiger partial charge in [-0.15, -0.1) is 0 Å². The van der Waals surface area contributed by atoms with E-state index in [9.17, 15) is 9.59 Å². The molecular formula is C61H96O5. The van der Waals surface area contributed by atoms with E-state index in [2.05, 4.69) is 167 Å². The van der Waals surface area contributed by atoms with Gasteiger partial charge in [0.15, 0.2) is 6.10 Å². The van der Waals surface area contributed by atoms with Crippen LogP contribution in [0.15, 0.2) is 146 Å². The van der Waals surface area contributed by atoms with Gasteiger partial charge in [0.25, 0.3) is 0 Å². The monoisotopic (exact) mass is 909 g/mol. The molecule has 0 N–H and O–H groups in total. The number of carbonyl (C=O) groups excluding carboxylic acids is 2. The van der Waals surface area contributed by atoms with Crippen LogP contribution >= 0.6 is 0 Å².